The van der Waals surface area contributed by atoms with Crippen LogP contribution in [0.15, 0.2) is 18.7 Å². The van der Waals surface area contributed by atoms with E-state index in [0.29, 0.717) is 5.69 Å². The topological polar surface area (TPSA) is 121 Å². The number of carbonyl (C=O) groups is 3. The first kappa shape index (κ1) is 13.6. The lowest BCUT2D eigenvalue weighted by Crippen LogP contribution is -2.34. The van der Waals surface area contributed by atoms with Gasteiger partial charge in [-0.3, -0.25) is 14.9 Å². The van der Waals surface area contributed by atoms with E-state index in [4.69, 9.17) is 5.11 Å². The SMILES string of the molecule is O=C(O)CCCC(=O)NC(=O)Nc1cncnc1. The van der Waals surface area contributed by atoms with Gasteiger partial charge in [0.15, 0.2) is 0 Å². The fourth-order valence-electron chi connectivity index (χ4n) is 1.12. The molecule has 0 aliphatic heterocycles. The van der Waals surface area contributed by atoms with Gasteiger partial charge in [-0.05, 0) is 6.42 Å². The molecule has 0 atom stereocenters. The summed E-state index contributed by atoms with van der Waals surface area (Å²) in [5, 5.41) is 12.8. The fourth-order valence-corrected chi connectivity index (χ4v) is 1.12. The van der Waals surface area contributed by atoms with Crippen LogP contribution in [0.2, 0.25) is 0 Å². The molecule has 0 radical (unpaired) electrons. The van der Waals surface area contributed by atoms with Gasteiger partial charge in [-0.15, -0.1) is 0 Å². The highest BCUT2D eigenvalue weighted by Crippen LogP contribution is 2.00. The lowest BCUT2D eigenvalue weighted by molar-refractivity contribution is -0.137. The van der Waals surface area contributed by atoms with Gasteiger partial charge in [0.25, 0.3) is 0 Å². The molecule has 8 nitrogen and oxygen atoms in total. The summed E-state index contributed by atoms with van der Waals surface area (Å²) in [6, 6.07) is -0.704. The Labute approximate surface area is 102 Å². The summed E-state index contributed by atoms with van der Waals surface area (Å²) in [7, 11) is 0. The minimum atomic E-state index is -0.978. The zero-order chi connectivity index (χ0) is 13.4. The lowest BCUT2D eigenvalue weighted by atomic mass is 10.2. The van der Waals surface area contributed by atoms with Crippen molar-refractivity contribution in [2.45, 2.75) is 19.3 Å². The van der Waals surface area contributed by atoms with Crippen molar-refractivity contribution in [3.63, 3.8) is 0 Å². The molecule has 0 aliphatic rings. The van der Waals surface area contributed by atoms with Crippen molar-refractivity contribution in [3.8, 4) is 0 Å². The van der Waals surface area contributed by atoms with Gasteiger partial charge in [0, 0.05) is 12.8 Å². The normalized spacial score (nSPS) is 9.56. The number of nitrogens with zero attached hydrogens (tertiary/aromatic N) is 2. The number of rotatable bonds is 5. The number of hydrogen-bond donors (Lipinski definition) is 3. The third kappa shape index (κ3) is 5.54. The van der Waals surface area contributed by atoms with E-state index in [9.17, 15) is 14.4 Å². The minimum absolute atomic E-state index is 0.0228. The summed E-state index contributed by atoms with van der Waals surface area (Å²) in [5.74, 6) is -1.51. The molecule has 0 bridgehead atoms. The molecule has 1 heterocycles. The average Bonchev–Trinajstić information content (AvgIpc) is 2.29. The Kier molecular flexibility index (Phi) is 5.23. The third-order valence-corrected chi connectivity index (χ3v) is 1.87. The second-order valence-electron chi connectivity index (χ2n) is 3.38. The van der Waals surface area contributed by atoms with E-state index < -0.39 is 17.9 Å². The van der Waals surface area contributed by atoms with Gasteiger partial charge in [0.05, 0.1) is 18.1 Å². The lowest BCUT2D eigenvalue weighted by Gasteiger charge is -2.05. The Hall–Kier alpha value is -2.51. The zero-order valence-electron chi connectivity index (χ0n) is 9.42. The number of carboxylic acid groups (broad SMARTS) is 1. The second-order valence-corrected chi connectivity index (χ2v) is 3.38. The van der Waals surface area contributed by atoms with Crippen molar-refractivity contribution in [2.24, 2.45) is 0 Å². The number of aromatic nitrogens is 2. The van der Waals surface area contributed by atoms with E-state index in [0.717, 1.165) is 0 Å². The van der Waals surface area contributed by atoms with Crippen molar-refractivity contribution in [1.82, 2.24) is 15.3 Å². The molecule has 0 aromatic carbocycles. The van der Waals surface area contributed by atoms with Crippen LogP contribution >= 0.6 is 0 Å². The summed E-state index contributed by atoms with van der Waals surface area (Å²) in [6.45, 7) is 0. The summed E-state index contributed by atoms with van der Waals surface area (Å²) < 4.78 is 0. The highest BCUT2D eigenvalue weighted by Gasteiger charge is 2.08. The molecule has 0 saturated heterocycles. The highest BCUT2D eigenvalue weighted by atomic mass is 16.4. The van der Waals surface area contributed by atoms with E-state index in [1.54, 1.807) is 0 Å². The van der Waals surface area contributed by atoms with Crippen LogP contribution in [0.4, 0.5) is 10.5 Å². The Bertz CT molecular complexity index is 435. The number of hydrogen-bond acceptors (Lipinski definition) is 5. The van der Waals surface area contributed by atoms with E-state index in [2.05, 4.69) is 20.6 Å². The molecule has 0 aliphatic carbocycles. The zero-order valence-corrected chi connectivity index (χ0v) is 9.42. The largest absolute Gasteiger partial charge is 0.481 e. The molecule has 18 heavy (non-hydrogen) atoms. The predicted octanol–water partition coefficient (Wildman–Crippen LogP) is 0.380. The van der Waals surface area contributed by atoms with Gasteiger partial charge < -0.3 is 10.4 Å². The maximum atomic E-state index is 11.3. The van der Waals surface area contributed by atoms with Crippen molar-refractivity contribution in [1.29, 1.82) is 0 Å². The fraction of sp³-hybridized carbons (Fsp3) is 0.300. The van der Waals surface area contributed by atoms with Gasteiger partial charge in [-0.25, -0.2) is 14.8 Å². The number of urea groups is 1. The van der Waals surface area contributed by atoms with Crippen LogP contribution < -0.4 is 10.6 Å². The number of imide groups is 1. The molecular weight excluding hydrogens is 240 g/mol. The quantitative estimate of drug-likeness (QED) is 0.696. The predicted molar refractivity (Wildman–Crippen MR) is 60.7 cm³/mol. The summed E-state index contributed by atoms with van der Waals surface area (Å²) in [5.41, 5.74) is 0.355. The molecule has 1 rings (SSSR count). The number of anilines is 1. The van der Waals surface area contributed by atoms with E-state index in [1.807, 2.05) is 0 Å². The van der Waals surface area contributed by atoms with Crippen LogP contribution in [-0.4, -0.2) is 33.0 Å². The first-order chi connectivity index (χ1) is 8.58. The molecule has 0 unspecified atom stereocenters. The number of amides is 3. The van der Waals surface area contributed by atoms with Crippen molar-refractivity contribution < 1.29 is 19.5 Å². The first-order valence-corrected chi connectivity index (χ1v) is 5.15. The number of aliphatic carboxylic acids is 1. The third-order valence-electron chi connectivity index (χ3n) is 1.87. The first-order valence-electron chi connectivity index (χ1n) is 5.15. The van der Waals surface area contributed by atoms with E-state index in [1.165, 1.54) is 18.7 Å². The number of nitrogens with one attached hydrogen (secondary N) is 2. The summed E-state index contributed by atoms with van der Waals surface area (Å²) in [6.07, 6.45) is 4.11. The minimum Gasteiger partial charge on any atom is -0.481 e. The van der Waals surface area contributed by atoms with E-state index >= 15 is 0 Å². The molecule has 3 amide bonds. The molecular formula is C10H12N4O4. The van der Waals surface area contributed by atoms with Crippen LogP contribution in [0.3, 0.4) is 0 Å². The number of carboxylic acids is 1. The monoisotopic (exact) mass is 252 g/mol. The molecule has 8 heteroatoms. The molecule has 1 aromatic heterocycles. The summed E-state index contributed by atoms with van der Waals surface area (Å²) in [4.78, 5) is 40.1. The van der Waals surface area contributed by atoms with Gasteiger partial charge in [0.1, 0.15) is 6.33 Å². The smallest absolute Gasteiger partial charge is 0.325 e. The van der Waals surface area contributed by atoms with Crippen LogP contribution in [0.25, 0.3) is 0 Å². The Morgan fingerprint density at radius 2 is 1.83 bits per heavy atom. The van der Waals surface area contributed by atoms with Crippen LogP contribution in [0, 0.1) is 0 Å². The average molecular weight is 252 g/mol. The molecule has 3 N–H and O–H groups in total. The Morgan fingerprint density at radius 3 is 2.44 bits per heavy atom. The maximum absolute atomic E-state index is 11.3. The molecule has 0 fully saturated rings. The van der Waals surface area contributed by atoms with Gasteiger partial charge in [0.2, 0.25) is 5.91 Å². The van der Waals surface area contributed by atoms with Crippen molar-refractivity contribution in [2.75, 3.05) is 5.32 Å². The van der Waals surface area contributed by atoms with Gasteiger partial charge in [-0.2, -0.15) is 0 Å². The molecule has 96 valence electrons. The van der Waals surface area contributed by atoms with Crippen LogP contribution in [-0.2, 0) is 9.59 Å². The van der Waals surface area contributed by atoms with E-state index in [-0.39, 0.29) is 19.3 Å². The summed E-state index contributed by atoms with van der Waals surface area (Å²) >= 11 is 0. The maximum Gasteiger partial charge on any atom is 0.325 e. The molecule has 0 saturated carbocycles. The molecule has 0 spiro atoms. The highest BCUT2D eigenvalue weighted by molar-refractivity contribution is 6.00. The van der Waals surface area contributed by atoms with Gasteiger partial charge in [-0.1, -0.05) is 0 Å². The second kappa shape index (κ2) is 6.94. The van der Waals surface area contributed by atoms with Gasteiger partial charge >= 0.3 is 12.0 Å². The van der Waals surface area contributed by atoms with Crippen molar-refractivity contribution >= 4 is 23.6 Å². The van der Waals surface area contributed by atoms with Crippen LogP contribution in [0.5, 0.6) is 0 Å². The molecule has 1 aromatic rings. The standard InChI is InChI=1S/C10H12N4O4/c15-8(2-1-3-9(16)17)14-10(18)13-7-4-11-6-12-5-7/h4-6H,1-3H2,(H,16,17)(H2,13,14,15,18). The Morgan fingerprint density at radius 1 is 1.17 bits per heavy atom. The number of carbonyl (C=O) groups excluding carboxylic acids is 2. The Balaban J connectivity index is 2.27. The van der Waals surface area contributed by atoms with Crippen molar-refractivity contribution in [3.05, 3.63) is 18.7 Å². The van der Waals surface area contributed by atoms with Crippen LogP contribution in [0.1, 0.15) is 19.3 Å².